The van der Waals surface area contributed by atoms with Crippen LogP contribution in [0, 0.1) is 0 Å². The number of hydrogen-bond acceptors (Lipinski definition) is 2. The van der Waals surface area contributed by atoms with Crippen LogP contribution in [0.3, 0.4) is 0 Å². The fourth-order valence-electron chi connectivity index (χ4n) is 1.45. The largest absolute Gasteiger partial charge is 0.481 e. The second-order valence-electron chi connectivity index (χ2n) is 3.73. The van der Waals surface area contributed by atoms with Crippen LogP contribution < -0.4 is 0 Å². The lowest BCUT2D eigenvalue weighted by molar-refractivity contribution is -0.137. The van der Waals surface area contributed by atoms with Gasteiger partial charge >= 0.3 is 5.97 Å². The molecule has 1 N–H and O–H groups in total. The lowest BCUT2D eigenvalue weighted by Gasteiger charge is -2.31. The number of nitrogens with zero attached hydrogens (tertiary/aromatic N) is 1. The molecule has 0 rings (SSSR count). The molecule has 1 atom stereocenters. The van der Waals surface area contributed by atoms with E-state index in [4.69, 9.17) is 5.11 Å². The Kier molecular flexibility index (Phi) is 5.71. The van der Waals surface area contributed by atoms with Crippen molar-refractivity contribution in [1.82, 2.24) is 4.90 Å². The van der Waals surface area contributed by atoms with Crippen LogP contribution in [0.1, 0.15) is 40.5 Å². The van der Waals surface area contributed by atoms with E-state index in [0.717, 1.165) is 6.42 Å². The summed E-state index contributed by atoms with van der Waals surface area (Å²) in [6.07, 6.45) is 1.31. The fraction of sp³-hybridized carbons (Fsp3) is 0.900. The third-order valence-electron chi connectivity index (χ3n) is 2.40. The molecular weight excluding hydrogens is 166 g/mol. The normalized spacial score (nSPS) is 13.7. The third-order valence-corrected chi connectivity index (χ3v) is 2.40. The van der Waals surface area contributed by atoms with E-state index in [1.807, 2.05) is 0 Å². The molecule has 0 aromatic carbocycles. The van der Waals surface area contributed by atoms with Crippen LogP contribution in [0.4, 0.5) is 0 Å². The molecule has 0 amide bonds. The highest BCUT2D eigenvalue weighted by Gasteiger charge is 2.15. The van der Waals surface area contributed by atoms with E-state index in [9.17, 15) is 4.79 Å². The van der Waals surface area contributed by atoms with Crippen LogP contribution in [0.25, 0.3) is 0 Å². The molecule has 0 saturated carbocycles. The number of aliphatic carboxylic acids is 1. The van der Waals surface area contributed by atoms with Gasteiger partial charge in [-0.3, -0.25) is 9.69 Å². The maximum Gasteiger partial charge on any atom is 0.304 e. The smallest absolute Gasteiger partial charge is 0.304 e. The molecule has 0 aliphatic carbocycles. The Morgan fingerprint density at radius 3 is 2.23 bits per heavy atom. The highest BCUT2D eigenvalue weighted by molar-refractivity contribution is 5.66. The van der Waals surface area contributed by atoms with Gasteiger partial charge < -0.3 is 5.11 Å². The van der Waals surface area contributed by atoms with Crippen molar-refractivity contribution in [3.63, 3.8) is 0 Å². The maximum atomic E-state index is 10.4. The lowest BCUT2D eigenvalue weighted by Crippen LogP contribution is -2.39. The molecule has 0 spiro atoms. The molecule has 0 saturated heterocycles. The summed E-state index contributed by atoms with van der Waals surface area (Å²) in [4.78, 5) is 12.6. The van der Waals surface area contributed by atoms with E-state index in [-0.39, 0.29) is 6.42 Å². The summed E-state index contributed by atoms with van der Waals surface area (Å²) in [7, 11) is 0. The van der Waals surface area contributed by atoms with Gasteiger partial charge in [0.05, 0.1) is 6.42 Å². The molecule has 0 aliphatic rings. The van der Waals surface area contributed by atoms with Crippen LogP contribution in [0.15, 0.2) is 0 Å². The first-order valence-corrected chi connectivity index (χ1v) is 4.96. The highest BCUT2D eigenvalue weighted by Crippen LogP contribution is 2.08. The minimum Gasteiger partial charge on any atom is -0.481 e. The first kappa shape index (κ1) is 12.4. The van der Waals surface area contributed by atoms with Gasteiger partial charge in [-0.25, -0.2) is 0 Å². The zero-order chi connectivity index (χ0) is 10.4. The molecule has 0 heterocycles. The van der Waals surface area contributed by atoms with Gasteiger partial charge in [-0.1, -0.05) is 6.92 Å². The van der Waals surface area contributed by atoms with E-state index < -0.39 is 5.97 Å². The van der Waals surface area contributed by atoms with Gasteiger partial charge in [0.2, 0.25) is 0 Å². The summed E-state index contributed by atoms with van der Waals surface area (Å²) in [5, 5.41) is 8.57. The SMILES string of the molecule is CCC(C)N(CCC(=O)O)C(C)C. The quantitative estimate of drug-likeness (QED) is 0.691. The molecular formula is C10H21NO2. The topological polar surface area (TPSA) is 40.5 Å². The molecule has 0 aromatic heterocycles. The summed E-state index contributed by atoms with van der Waals surface area (Å²) in [6, 6.07) is 0.897. The second-order valence-corrected chi connectivity index (χ2v) is 3.73. The number of carboxylic acid groups (broad SMARTS) is 1. The molecule has 0 aliphatic heterocycles. The van der Waals surface area contributed by atoms with Gasteiger partial charge in [0, 0.05) is 18.6 Å². The standard InChI is InChI=1S/C10H21NO2/c1-5-9(4)11(8(2)3)7-6-10(12)13/h8-9H,5-7H2,1-4H3,(H,12,13). The Hall–Kier alpha value is -0.570. The Labute approximate surface area is 80.7 Å². The van der Waals surface area contributed by atoms with Gasteiger partial charge in [0.15, 0.2) is 0 Å². The Morgan fingerprint density at radius 1 is 1.38 bits per heavy atom. The van der Waals surface area contributed by atoms with Gasteiger partial charge in [-0.05, 0) is 27.2 Å². The monoisotopic (exact) mass is 187 g/mol. The number of rotatable bonds is 6. The van der Waals surface area contributed by atoms with Gasteiger partial charge in [-0.15, -0.1) is 0 Å². The Bertz CT molecular complexity index is 157. The van der Waals surface area contributed by atoms with E-state index in [2.05, 4.69) is 32.6 Å². The van der Waals surface area contributed by atoms with Crippen LogP contribution in [-0.4, -0.2) is 34.6 Å². The van der Waals surface area contributed by atoms with Crippen molar-refractivity contribution in [2.45, 2.75) is 52.6 Å². The van der Waals surface area contributed by atoms with Crippen molar-refractivity contribution in [2.75, 3.05) is 6.54 Å². The second kappa shape index (κ2) is 5.97. The maximum absolute atomic E-state index is 10.4. The summed E-state index contributed by atoms with van der Waals surface area (Å²) in [5.41, 5.74) is 0. The summed E-state index contributed by atoms with van der Waals surface area (Å²) in [5.74, 6) is -0.714. The molecule has 0 aromatic rings. The molecule has 3 heteroatoms. The minimum absolute atomic E-state index is 0.239. The molecule has 1 unspecified atom stereocenters. The van der Waals surface area contributed by atoms with Crippen LogP contribution >= 0.6 is 0 Å². The summed E-state index contributed by atoms with van der Waals surface area (Å²) < 4.78 is 0. The third kappa shape index (κ3) is 4.88. The van der Waals surface area contributed by atoms with E-state index in [1.54, 1.807) is 0 Å². The van der Waals surface area contributed by atoms with Crippen molar-refractivity contribution < 1.29 is 9.90 Å². The average Bonchev–Trinajstić information content (AvgIpc) is 2.03. The van der Waals surface area contributed by atoms with Crippen LogP contribution in [-0.2, 0) is 4.79 Å². The number of hydrogen-bond donors (Lipinski definition) is 1. The number of carboxylic acids is 1. The predicted octanol–water partition coefficient (Wildman–Crippen LogP) is 1.97. The van der Waals surface area contributed by atoms with Crippen LogP contribution in [0.5, 0.6) is 0 Å². The Balaban J connectivity index is 4.02. The zero-order valence-electron chi connectivity index (χ0n) is 9.08. The lowest BCUT2D eigenvalue weighted by atomic mass is 10.1. The molecule has 78 valence electrons. The minimum atomic E-state index is -0.714. The Morgan fingerprint density at radius 2 is 1.92 bits per heavy atom. The first-order valence-electron chi connectivity index (χ1n) is 4.96. The molecule has 0 fully saturated rings. The van der Waals surface area contributed by atoms with E-state index in [0.29, 0.717) is 18.6 Å². The van der Waals surface area contributed by atoms with Crippen molar-refractivity contribution >= 4 is 5.97 Å². The van der Waals surface area contributed by atoms with Crippen molar-refractivity contribution in [1.29, 1.82) is 0 Å². The van der Waals surface area contributed by atoms with Crippen LogP contribution in [0.2, 0.25) is 0 Å². The van der Waals surface area contributed by atoms with E-state index in [1.165, 1.54) is 0 Å². The molecule has 13 heavy (non-hydrogen) atoms. The first-order chi connectivity index (χ1) is 5.99. The van der Waals surface area contributed by atoms with Gasteiger partial charge in [0.1, 0.15) is 0 Å². The van der Waals surface area contributed by atoms with Gasteiger partial charge in [-0.2, -0.15) is 0 Å². The van der Waals surface area contributed by atoms with E-state index >= 15 is 0 Å². The molecule has 3 nitrogen and oxygen atoms in total. The van der Waals surface area contributed by atoms with Gasteiger partial charge in [0.25, 0.3) is 0 Å². The summed E-state index contributed by atoms with van der Waals surface area (Å²) >= 11 is 0. The predicted molar refractivity (Wildman–Crippen MR) is 53.8 cm³/mol. The fourth-order valence-corrected chi connectivity index (χ4v) is 1.45. The molecule has 0 bridgehead atoms. The van der Waals surface area contributed by atoms with Crippen molar-refractivity contribution in [3.8, 4) is 0 Å². The van der Waals surface area contributed by atoms with Crippen molar-refractivity contribution in [2.24, 2.45) is 0 Å². The number of carbonyl (C=O) groups is 1. The van der Waals surface area contributed by atoms with Crippen molar-refractivity contribution in [3.05, 3.63) is 0 Å². The highest BCUT2D eigenvalue weighted by atomic mass is 16.4. The molecule has 0 radical (unpaired) electrons. The summed E-state index contributed by atoms with van der Waals surface area (Å²) in [6.45, 7) is 9.13. The zero-order valence-corrected chi connectivity index (χ0v) is 9.08. The average molecular weight is 187 g/mol.